The fourth-order valence-electron chi connectivity index (χ4n) is 4.90. The highest BCUT2D eigenvalue weighted by Gasteiger charge is 2.70. The number of ether oxygens (including phenoxy) is 3. The summed E-state index contributed by atoms with van der Waals surface area (Å²) in [5.41, 5.74) is -0.825. The van der Waals surface area contributed by atoms with Crippen LogP contribution in [-0.4, -0.2) is 43.1 Å². The molecule has 0 radical (unpaired) electrons. The summed E-state index contributed by atoms with van der Waals surface area (Å²) in [6.07, 6.45) is 0.836. The molecule has 8 heteroatoms. The molecule has 5 atom stereocenters. The monoisotopic (exact) mass is 417 g/mol. The lowest BCUT2D eigenvalue weighted by molar-refractivity contribution is -0.168. The minimum Gasteiger partial charge on any atom is -0.466 e. The van der Waals surface area contributed by atoms with Gasteiger partial charge >= 0.3 is 18.0 Å². The molecule has 2 aliphatic carbocycles. The molecule has 1 amide bonds. The van der Waals surface area contributed by atoms with Crippen molar-refractivity contribution < 1.29 is 33.4 Å². The van der Waals surface area contributed by atoms with E-state index in [4.69, 9.17) is 14.2 Å². The Kier molecular flexibility index (Phi) is 6.74. The third kappa shape index (κ3) is 3.91. The third-order valence-electron chi connectivity index (χ3n) is 6.08. The van der Waals surface area contributed by atoms with Crippen molar-refractivity contribution in [3.05, 3.63) is 35.9 Å². The SMILES string of the molecule is CCOC(=O)[C@@H]1[C@H]2C[C@H](C[C@@H]2C=O)[C@]1(NC(=O)OCc1ccccc1)C(=O)OCC. The first-order chi connectivity index (χ1) is 14.5. The summed E-state index contributed by atoms with van der Waals surface area (Å²) in [7, 11) is 0. The molecular formula is C22H27NO7. The summed E-state index contributed by atoms with van der Waals surface area (Å²) < 4.78 is 15.8. The molecule has 0 aromatic heterocycles. The van der Waals surface area contributed by atoms with E-state index in [2.05, 4.69) is 5.32 Å². The van der Waals surface area contributed by atoms with Crippen molar-refractivity contribution in [2.24, 2.45) is 23.7 Å². The minimum absolute atomic E-state index is 0.0146. The second-order valence-electron chi connectivity index (χ2n) is 7.64. The van der Waals surface area contributed by atoms with Gasteiger partial charge in [-0.25, -0.2) is 9.59 Å². The quantitative estimate of drug-likeness (QED) is 0.393. The summed E-state index contributed by atoms with van der Waals surface area (Å²) in [6.45, 7) is 3.54. The van der Waals surface area contributed by atoms with Gasteiger partial charge in [-0.3, -0.25) is 4.79 Å². The Morgan fingerprint density at radius 1 is 1.07 bits per heavy atom. The number of hydrogen-bond acceptors (Lipinski definition) is 7. The number of carbonyl (C=O) groups excluding carboxylic acids is 4. The molecule has 8 nitrogen and oxygen atoms in total. The van der Waals surface area contributed by atoms with Gasteiger partial charge in [-0.15, -0.1) is 0 Å². The molecule has 30 heavy (non-hydrogen) atoms. The van der Waals surface area contributed by atoms with Gasteiger partial charge in [0.15, 0.2) is 5.54 Å². The van der Waals surface area contributed by atoms with Crippen LogP contribution in [0.1, 0.15) is 32.3 Å². The van der Waals surface area contributed by atoms with Gasteiger partial charge in [-0.05, 0) is 44.1 Å². The van der Waals surface area contributed by atoms with Crippen LogP contribution < -0.4 is 5.32 Å². The average Bonchev–Trinajstić information content (AvgIpc) is 3.30. The van der Waals surface area contributed by atoms with Crippen LogP contribution in [0.5, 0.6) is 0 Å². The second kappa shape index (κ2) is 9.28. The van der Waals surface area contributed by atoms with E-state index in [0.717, 1.165) is 11.8 Å². The van der Waals surface area contributed by atoms with Gasteiger partial charge in [-0.1, -0.05) is 30.3 Å². The van der Waals surface area contributed by atoms with E-state index in [1.54, 1.807) is 13.8 Å². The Bertz CT molecular complexity index is 796. The van der Waals surface area contributed by atoms with Crippen LogP contribution in [0.15, 0.2) is 30.3 Å². The largest absolute Gasteiger partial charge is 0.466 e. The lowest BCUT2D eigenvalue weighted by Crippen LogP contribution is -2.66. The molecule has 162 valence electrons. The van der Waals surface area contributed by atoms with Crippen molar-refractivity contribution in [1.29, 1.82) is 0 Å². The Balaban J connectivity index is 1.88. The molecule has 2 fully saturated rings. The standard InChI is InChI=1S/C22H27NO7/c1-3-28-19(25)18-17-11-16(10-15(17)12-24)22(18,20(26)29-4-2)23-21(27)30-13-14-8-6-5-7-9-14/h5-9,12,15-18H,3-4,10-11,13H2,1-2H3,(H,23,27)/t15-,16+,17+,18+,22-/m1/s1. The molecule has 0 unspecified atom stereocenters. The van der Waals surface area contributed by atoms with E-state index >= 15 is 0 Å². The maximum atomic E-state index is 13.1. The maximum Gasteiger partial charge on any atom is 0.408 e. The molecule has 2 aliphatic rings. The molecule has 1 aromatic carbocycles. The van der Waals surface area contributed by atoms with E-state index in [9.17, 15) is 19.2 Å². The van der Waals surface area contributed by atoms with Gasteiger partial charge in [0.25, 0.3) is 0 Å². The number of hydrogen-bond donors (Lipinski definition) is 1. The van der Waals surface area contributed by atoms with Crippen molar-refractivity contribution in [2.45, 2.75) is 38.8 Å². The molecule has 0 heterocycles. The zero-order valence-corrected chi connectivity index (χ0v) is 17.2. The number of fused-ring (bicyclic) bond motifs is 2. The summed E-state index contributed by atoms with van der Waals surface area (Å²) >= 11 is 0. The van der Waals surface area contributed by atoms with Crippen LogP contribution in [-0.2, 0) is 35.2 Å². The van der Waals surface area contributed by atoms with Crippen molar-refractivity contribution in [1.82, 2.24) is 5.32 Å². The number of carbonyl (C=O) groups is 4. The Labute approximate surface area is 175 Å². The Hall–Kier alpha value is -2.90. The fourth-order valence-corrected chi connectivity index (χ4v) is 4.90. The van der Waals surface area contributed by atoms with Crippen LogP contribution in [0.3, 0.4) is 0 Å². The highest BCUT2D eigenvalue weighted by Crippen LogP contribution is 2.57. The van der Waals surface area contributed by atoms with Crippen molar-refractivity contribution in [2.75, 3.05) is 13.2 Å². The zero-order valence-electron chi connectivity index (χ0n) is 17.2. The Morgan fingerprint density at radius 3 is 2.40 bits per heavy atom. The molecule has 2 saturated carbocycles. The maximum absolute atomic E-state index is 13.1. The van der Waals surface area contributed by atoms with E-state index in [1.807, 2.05) is 30.3 Å². The summed E-state index contributed by atoms with van der Waals surface area (Å²) in [4.78, 5) is 50.1. The normalized spacial score (nSPS) is 29.1. The van der Waals surface area contributed by atoms with Crippen LogP contribution in [0.25, 0.3) is 0 Å². The van der Waals surface area contributed by atoms with Gasteiger partial charge in [0, 0.05) is 5.92 Å². The zero-order chi connectivity index (χ0) is 21.7. The smallest absolute Gasteiger partial charge is 0.408 e. The fraction of sp³-hybridized carbons (Fsp3) is 0.545. The van der Waals surface area contributed by atoms with Crippen LogP contribution in [0.4, 0.5) is 4.79 Å². The highest BCUT2D eigenvalue weighted by atomic mass is 16.6. The van der Waals surface area contributed by atoms with Crippen molar-refractivity contribution in [3.8, 4) is 0 Å². The van der Waals surface area contributed by atoms with Gasteiger partial charge in [-0.2, -0.15) is 0 Å². The first kappa shape index (κ1) is 21.8. The van der Waals surface area contributed by atoms with Gasteiger partial charge in [0.1, 0.15) is 12.9 Å². The first-order valence-electron chi connectivity index (χ1n) is 10.3. The van der Waals surface area contributed by atoms with Crippen LogP contribution in [0.2, 0.25) is 0 Å². The lowest BCUT2D eigenvalue weighted by Gasteiger charge is -2.41. The van der Waals surface area contributed by atoms with Crippen molar-refractivity contribution in [3.63, 3.8) is 0 Å². The number of esters is 2. The number of benzene rings is 1. The number of alkyl carbamates (subject to hydrolysis) is 1. The summed E-state index contributed by atoms with van der Waals surface area (Å²) in [6, 6.07) is 9.11. The van der Waals surface area contributed by atoms with Crippen LogP contribution >= 0.6 is 0 Å². The molecule has 0 spiro atoms. The molecule has 2 bridgehead atoms. The van der Waals surface area contributed by atoms with Gasteiger partial charge in [0.05, 0.1) is 19.1 Å². The highest BCUT2D eigenvalue weighted by molar-refractivity contribution is 5.94. The van der Waals surface area contributed by atoms with Crippen LogP contribution in [0, 0.1) is 23.7 Å². The number of rotatable bonds is 8. The molecule has 1 N–H and O–H groups in total. The Morgan fingerprint density at radius 2 is 1.77 bits per heavy atom. The number of nitrogens with one attached hydrogen (secondary N) is 1. The summed E-state index contributed by atoms with van der Waals surface area (Å²) in [5, 5.41) is 2.66. The predicted molar refractivity (Wildman–Crippen MR) is 105 cm³/mol. The van der Waals surface area contributed by atoms with Gasteiger partial charge in [0.2, 0.25) is 0 Å². The number of amides is 1. The van der Waals surface area contributed by atoms with Crippen molar-refractivity contribution >= 4 is 24.3 Å². The van der Waals surface area contributed by atoms with Gasteiger partial charge < -0.3 is 24.3 Å². The minimum atomic E-state index is -1.61. The molecule has 3 rings (SSSR count). The molecule has 0 saturated heterocycles. The summed E-state index contributed by atoms with van der Waals surface area (Å²) in [5.74, 6) is -3.51. The lowest BCUT2D eigenvalue weighted by atomic mass is 9.68. The second-order valence-corrected chi connectivity index (χ2v) is 7.64. The molecule has 1 aromatic rings. The number of aldehydes is 1. The van der Waals surface area contributed by atoms with E-state index in [0.29, 0.717) is 12.8 Å². The first-order valence-corrected chi connectivity index (χ1v) is 10.3. The molecular weight excluding hydrogens is 390 g/mol. The average molecular weight is 417 g/mol. The van der Waals surface area contributed by atoms with E-state index < -0.39 is 41.3 Å². The van der Waals surface area contributed by atoms with E-state index in [1.165, 1.54) is 0 Å². The third-order valence-corrected chi connectivity index (χ3v) is 6.08. The molecule has 0 aliphatic heterocycles. The van der Waals surface area contributed by atoms with E-state index in [-0.39, 0.29) is 25.7 Å². The topological polar surface area (TPSA) is 108 Å². The predicted octanol–water partition coefficient (Wildman–Crippen LogP) is 2.25.